The molecule has 0 unspecified atom stereocenters. The zero-order valence-corrected chi connectivity index (χ0v) is 16.6. The number of nitrogens with zero attached hydrogens (tertiary/aromatic N) is 3. The van der Waals surface area contributed by atoms with Crippen molar-refractivity contribution in [1.82, 2.24) is 15.0 Å². The summed E-state index contributed by atoms with van der Waals surface area (Å²) in [4.78, 5) is 16.6. The minimum atomic E-state index is -0.179. The van der Waals surface area contributed by atoms with Crippen LogP contribution in [0.25, 0.3) is 17.1 Å². The maximum Gasteiger partial charge on any atom is 0.250 e. The minimum absolute atomic E-state index is 0.179. The molecule has 0 spiro atoms. The standard InChI is InChI=1S/C21H22N4O2S/c1-3-25-18-12-6-5-11-17(18)23-21(25)28-15-20(26)24-22-14-8-10-16-9-4-7-13-19(16)27-2/h4-14H,3,15H2,1-2H3,(H,24,26)/b10-8+,22-14+. The van der Waals surface area contributed by atoms with Gasteiger partial charge < -0.3 is 9.30 Å². The number of rotatable bonds is 8. The van der Waals surface area contributed by atoms with Gasteiger partial charge in [-0.25, -0.2) is 10.4 Å². The molecular weight excluding hydrogens is 372 g/mol. The Morgan fingerprint density at radius 3 is 2.86 bits per heavy atom. The van der Waals surface area contributed by atoms with Gasteiger partial charge in [0.25, 0.3) is 5.91 Å². The largest absolute Gasteiger partial charge is 0.496 e. The number of carbonyl (C=O) groups is 1. The van der Waals surface area contributed by atoms with Crippen molar-refractivity contribution in [2.24, 2.45) is 5.10 Å². The number of fused-ring (bicyclic) bond motifs is 1. The van der Waals surface area contributed by atoms with Gasteiger partial charge in [-0.3, -0.25) is 4.79 Å². The Labute approximate surface area is 168 Å². The van der Waals surface area contributed by atoms with Crippen LogP contribution in [0.5, 0.6) is 5.75 Å². The molecule has 2 aromatic carbocycles. The fraction of sp³-hybridized carbons (Fsp3) is 0.190. The van der Waals surface area contributed by atoms with E-state index in [9.17, 15) is 4.79 Å². The van der Waals surface area contributed by atoms with Crippen LogP contribution in [0.4, 0.5) is 0 Å². The van der Waals surface area contributed by atoms with Gasteiger partial charge in [-0.2, -0.15) is 5.10 Å². The monoisotopic (exact) mass is 394 g/mol. The second kappa shape index (κ2) is 9.75. The predicted molar refractivity (Wildman–Crippen MR) is 115 cm³/mol. The highest BCUT2D eigenvalue weighted by molar-refractivity contribution is 7.99. The summed E-state index contributed by atoms with van der Waals surface area (Å²) in [5, 5.41) is 4.78. The number of amides is 1. The number of thioether (sulfide) groups is 1. The summed E-state index contributed by atoms with van der Waals surface area (Å²) in [6.45, 7) is 2.87. The van der Waals surface area contributed by atoms with Gasteiger partial charge in [-0.15, -0.1) is 0 Å². The molecule has 0 saturated carbocycles. The number of para-hydroxylation sites is 3. The number of hydrogen-bond donors (Lipinski definition) is 1. The third-order valence-electron chi connectivity index (χ3n) is 4.03. The van der Waals surface area contributed by atoms with E-state index in [4.69, 9.17) is 4.74 Å². The predicted octanol–water partition coefficient (Wildman–Crippen LogP) is 3.97. The lowest BCUT2D eigenvalue weighted by Gasteiger charge is -2.04. The second-order valence-corrected chi connectivity index (χ2v) is 6.77. The third-order valence-corrected chi connectivity index (χ3v) is 5.01. The summed E-state index contributed by atoms with van der Waals surface area (Å²) >= 11 is 1.40. The highest BCUT2D eigenvalue weighted by atomic mass is 32.2. The Bertz CT molecular complexity index is 1010. The highest BCUT2D eigenvalue weighted by Crippen LogP contribution is 2.23. The lowest BCUT2D eigenvalue weighted by Crippen LogP contribution is -2.19. The minimum Gasteiger partial charge on any atom is -0.496 e. The van der Waals surface area contributed by atoms with Crippen molar-refractivity contribution in [3.05, 3.63) is 60.2 Å². The number of hydrogen-bond acceptors (Lipinski definition) is 5. The molecule has 1 aromatic heterocycles. The number of benzene rings is 2. The smallest absolute Gasteiger partial charge is 0.250 e. The fourth-order valence-electron chi connectivity index (χ4n) is 2.73. The summed E-state index contributed by atoms with van der Waals surface area (Å²) in [6, 6.07) is 15.6. The molecule has 1 heterocycles. The van der Waals surface area contributed by atoms with Crippen LogP contribution in [-0.2, 0) is 11.3 Å². The van der Waals surface area contributed by atoms with Gasteiger partial charge in [-0.05, 0) is 37.3 Å². The summed E-state index contributed by atoms with van der Waals surface area (Å²) in [5.41, 5.74) is 5.48. The fourth-order valence-corrected chi connectivity index (χ4v) is 3.61. The van der Waals surface area contributed by atoms with Gasteiger partial charge in [0, 0.05) is 18.3 Å². The molecular formula is C21H22N4O2S. The third kappa shape index (κ3) is 4.80. The van der Waals surface area contributed by atoms with Crippen molar-refractivity contribution in [2.75, 3.05) is 12.9 Å². The number of carbonyl (C=O) groups excluding carboxylic acids is 1. The molecule has 28 heavy (non-hydrogen) atoms. The lowest BCUT2D eigenvalue weighted by atomic mass is 10.2. The molecule has 0 bridgehead atoms. The van der Waals surface area contributed by atoms with Crippen LogP contribution in [0.15, 0.2) is 64.9 Å². The van der Waals surface area contributed by atoms with E-state index in [2.05, 4.69) is 27.0 Å². The number of nitrogens with one attached hydrogen (secondary N) is 1. The van der Waals surface area contributed by atoms with Crippen LogP contribution < -0.4 is 10.2 Å². The molecule has 7 heteroatoms. The van der Waals surface area contributed by atoms with Crippen LogP contribution >= 0.6 is 11.8 Å². The molecule has 1 N–H and O–H groups in total. The highest BCUT2D eigenvalue weighted by Gasteiger charge is 2.11. The molecule has 0 saturated heterocycles. The van der Waals surface area contributed by atoms with Gasteiger partial charge in [-0.1, -0.05) is 42.1 Å². The molecule has 0 radical (unpaired) electrons. The number of hydrazone groups is 1. The van der Waals surface area contributed by atoms with Crippen LogP contribution in [0, 0.1) is 0 Å². The molecule has 0 aliphatic carbocycles. The van der Waals surface area contributed by atoms with E-state index in [0.29, 0.717) is 0 Å². The van der Waals surface area contributed by atoms with E-state index in [1.54, 1.807) is 13.2 Å². The lowest BCUT2D eigenvalue weighted by molar-refractivity contribution is -0.118. The van der Waals surface area contributed by atoms with Gasteiger partial charge in [0.2, 0.25) is 0 Å². The zero-order valence-electron chi connectivity index (χ0n) is 15.8. The molecule has 0 aliphatic heterocycles. The number of ether oxygens (including phenoxy) is 1. The van der Waals surface area contributed by atoms with Gasteiger partial charge >= 0.3 is 0 Å². The van der Waals surface area contributed by atoms with Gasteiger partial charge in [0.05, 0.1) is 23.9 Å². The van der Waals surface area contributed by atoms with E-state index in [1.807, 2.05) is 54.6 Å². The van der Waals surface area contributed by atoms with Crippen molar-refractivity contribution in [1.29, 1.82) is 0 Å². The Morgan fingerprint density at radius 1 is 1.25 bits per heavy atom. The molecule has 6 nitrogen and oxygen atoms in total. The summed E-state index contributed by atoms with van der Waals surface area (Å²) in [7, 11) is 1.63. The summed E-state index contributed by atoms with van der Waals surface area (Å²) < 4.78 is 7.38. The maximum absolute atomic E-state index is 12.0. The van der Waals surface area contributed by atoms with E-state index in [-0.39, 0.29) is 11.7 Å². The zero-order chi connectivity index (χ0) is 19.8. The van der Waals surface area contributed by atoms with Crippen molar-refractivity contribution >= 4 is 41.0 Å². The van der Waals surface area contributed by atoms with Crippen molar-refractivity contribution in [3.8, 4) is 5.75 Å². The van der Waals surface area contributed by atoms with Crippen molar-refractivity contribution in [3.63, 3.8) is 0 Å². The average Bonchev–Trinajstić information content (AvgIpc) is 3.09. The van der Waals surface area contributed by atoms with Crippen LogP contribution in [0.2, 0.25) is 0 Å². The number of allylic oxidation sites excluding steroid dienone is 1. The van der Waals surface area contributed by atoms with E-state index in [0.717, 1.165) is 34.0 Å². The molecule has 0 aliphatic rings. The quantitative estimate of drug-likeness (QED) is 0.357. The van der Waals surface area contributed by atoms with Crippen LogP contribution in [0.1, 0.15) is 12.5 Å². The van der Waals surface area contributed by atoms with Crippen LogP contribution in [0.3, 0.4) is 0 Å². The molecule has 3 rings (SSSR count). The molecule has 0 atom stereocenters. The normalized spacial score (nSPS) is 11.5. The first kappa shape index (κ1) is 19.7. The SMILES string of the molecule is CCn1c(SCC(=O)N/N=C/C=C/c2ccccc2OC)nc2ccccc21. The first-order valence-corrected chi connectivity index (χ1v) is 9.91. The molecule has 0 fully saturated rings. The van der Waals surface area contributed by atoms with Gasteiger partial charge in [0.1, 0.15) is 5.75 Å². The molecule has 1 amide bonds. The van der Waals surface area contributed by atoms with E-state index < -0.39 is 0 Å². The number of methoxy groups -OCH3 is 1. The Kier molecular flexibility index (Phi) is 6.86. The van der Waals surface area contributed by atoms with Gasteiger partial charge in [0.15, 0.2) is 5.16 Å². The van der Waals surface area contributed by atoms with E-state index in [1.165, 1.54) is 18.0 Å². The first-order valence-electron chi connectivity index (χ1n) is 8.92. The Hall–Kier alpha value is -3.06. The first-order chi connectivity index (χ1) is 13.7. The topological polar surface area (TPSA) is 68.5 Å². The second-order valence-electron chi connectivity index (χ2n) is 5.83. The molecule has 144 valence electrons. The number of aryl methyl sites for hydroxylation is 1. The number of aromatic nitrogens is 2. The van der Waals surface area contributed by atoms with Crippen molar-refractivity contribution < 1.29 is 9.53 Å². The average molecular weight is 395 g/mol. The maximum atomic E-state index is 12.0. The summed E-state index contributed by atoms with van der Waals surface area (Å²) in [5.74, 6) is 0.852. The van der Waals surface area contributed by atoms with Crippen molar-refractivity contribution in [2.45, 2.75) is 18.6 Å². The Morgan fingerprint density at radius 2 is 2.04 bits per heavy atom. The Balaban J connectivity index is 1.52. The number of imidazole rings is 1. The van der Waals surface area contributed by atoms with E-state index >= 15 is 0 Å². The summed E-state index contributed by atoms with van der Waals surface area (Å²) in [6.07, 6.45) is 5.16. The van der Waals surface area contributed by atoms with Crippen LogP contribution in [-0.4, -0.2) is 34.5 Å². The molecule has 3 aromatic rings.